The Morgan fingerprint density at radius 2 is 1.67 bits per heavy atom. The molecule has 0 spiro atoms. The van der Waals surface area contributed by atoms with E-state index in [9.17, 15) is 4.39 Å². The predicted octanol–water partition coefficient (Wildman–Crippen LogP) is 5.58. The van der Waals surface area contributed by atoms with Crippen molar-refractivity contribution in [1.82, 2.24) is 10.2 Å². The lowest BCUT2D eigenvalue weighted by molar-refractivity contribution is 0.580. The third-order valence-corrected chi connectivity index (χ3v) is 4.63. The maximum absolute atomic E-state index is 13.9. The van der Waals surface area contributed by atoms with Crippen LogP contribution in [-0.2, 0) is 0 Å². The number of furan rings is 1. The van der Waals surface area contributed by atoms with Crippen LogP contribution >= 0.6 is 11.3 Å². The van der Waals surface area contributed by atoms with Crippen molar-refractivity contribution in [3.8, 4) is 32.7 Å². The first-order valence-electron chi connectivity index (χ1n) is 7.46. The molecule has 0 atom stereocenters. The van der Waals surface area contributed by atoms with E-state index in [0.717, 1.165) is 10.6 Å². The molecule has 0 bridgehead atoms. The topological polar surface area (TPSA) is 38.9 Å². The van der Waals surface area contributed by atoms with E-state index >= 15 is 0 Å². The first kappa shape index (κ1) is 14.8. The van der Waals surface area contributed by atoms with E-state index in [0.29, 0.717) is 22.1 Å². The van der Waals surface area contributed by atoms with Crippen LogP contribution in [0.1, 0.15) is 5.56 Å². The molecule has 0 aliphatic carbocycles. The Kier molecular flexibility index (Phi) is 3.70. The van der Waals surface area contributed by atoms with Gasteiger partial charge in [0.2, 0.25) is 0 Å². The number of benzene rings is 2. The zero-order valence-corrected chi connectivity index (χ0v) is 13.7. The predicted molar refractivity (Wildman–Crippen MR) is 93.2 cm³/mol. The molecule has 118 valence electrons. The van der Waals surface area contributed by atoms with Crippen LogP contribution < -0.4 is 0 Å². The highest BCUT2D eigenvalue weighted by Gasteiger charge is 2.14. The van der Waals surface area contributed by atoms with E-state index in [1.165, 1.54) is 23.0 Å². The van der Waals surface area contributed by atoms with Gasteiger partial charge in [-0.3, -0.25) is 0 Å². The molecule has 0 fully saturated rings. The minimum Gasteiger partial charge on any atom is -0.453 e. The second kappa shape index (κ2) is 6.02. The van der Waals surface area contributed by atoms with Gasteiger partial charge in [0.1, 0.15) is 16.6 Å². The molecular formula is C19H13FN2OS. The molecule has 3 nitrogen and oxygen atoms in total. The smallest absolute Gasteiger partial charge is 0.183 e. The number of halogens is 1. The Morgan fingerprint density at radius 3 is 2.50 bits per heavy atom. The summed E-state index contributed by atoms with van der Waals surface area (Å²) in [6, 6.07) is 18.2. The summed E-state index contributed by atoms with van der Waals surface area (Å²) in [6.07, 6.45) is 0. The lowest BCUT2D eigenvalue weighted by Crippen LogP contribution is -1.80. The highest BCUT2D eigenvalue weighted by molar-refractivity contribution is 7.17. The van der Waals surface area contributed by atoms with Crippen LogP contribution in [0.2, 0.25) is 0 Å². The van der Waals surface area contributed by atoms with Gasteiger partial charge in [-0.1, -0.05) is 47.2 Å². The summed E-state index contributed by atoms with van der Waals surface area (Å²) < 4.78 is 19.6. The summed E-state index contributed by atoms with van der Waals surface area (Å²) in [5, 5.41) is 9.95. The summed E-state index contributed by atoms with van der Waals surface area (Å²) in [5.74, 6) is 0.760. The van der Waals surface area contributed by atoms with Crippen LogP contribution in [0.25, 0.3) is 32.7 Å². The van der Waals surface area contributed by atoms with Gasteiger partial charge in [-0.25, -0.2) is 4.39 Å². The molecule has 4 rings (SSSR count). The number of hydrogen-bond acceptors (Lipinski definition) is 4. The minimum atomic E-state index is -0.309. The van der Waals surface area contributed by atoms with Gasteiger partial charge in [-0.15, -0.1) is 10.2 Å². The van der Waals surface area contributed by atoms with Gasteiger partial charge in [-0.05, 0) is 37.3 Å². The summed E-state index contributed by atoms with van der Waals surface area (Å²) >= 11 is 1.45. The van der Waals surface area contributed by atoms with Crippen molar-refractivity contribution in [2.45, 2.75) is 6.92 Å². The van der Waals surface area contributed by atoms with E-state index in [2.05, 4.69) is 16.3 Å². The second-order valence-corrected chi connectivity index (χ2v) is 6.40. The maximum Gasteiger partial charge on any atom is 0.183 e. The molecule has 5 heteroatoms. The van der Waals surface area contributed by atoms with Crippen molar-refractivity contribution in [3.63, 3.8) is 0 Å². The van der Waals surface area contributed by atoms with E-state index in [4.69, 9.17) is 4.42 Å². The molecule has 0 saturated carbocycles. The van der Waals surface area contributed by atoms with Gasteiger partial charge < -0.3 is 4.42 Å². The summed E-state index contributed by atoms with van der Waals surface area (Å²) in [7, 11) is 0. The van der Waals surface area contributed by atoms with Crippen molar-refractivity contribution in [2.24, 2.45) is 0 Å². The molecular weight excluding hydrogens is 323 g/mol. The average molecular weight is 336 g/mol. The standard InChI is InChI=1S/C19H13FN2OS/c1-12-5-4-6-13(11-12)18-21-22-19(24-18)17-10-9-16(23-17)14-7-2-3-8-15(14)20/h2-11H,1H3. The Bertz CT molecular complexity index is 1010. The third kappa shape index (κ3) is 2.74. The average Bonchev–Trinajstić information content (AvgIpc) is 3.25. The van der Waals surface area contributed by atoms with Gasteiger partial charge in [0.15, 0.2) is 10.8 Å². The van der Waals surface area contributed by atoms with E-state index in [1.807, 2.05) is 25.1 Å². The van der Waals surface area contributed by atoms with Crippen LogP contribution in [0.15, 0.2) is 65.1 Å². The van der Waals surface area contributed by atoms with Crippen LogP contribution in [0.5, 0.6) is 0 Å². The first-order chi connectivity index (χ1) is 11.7. The molecule has 4 aromatic rings. The van der Waals surface area contributed by atoms with Crippen molar-refractivity contribution in [2.75, 3.05) is 0 Å². The molecule has 0 unspecified atom stereocenters. The highest BCUT2D eigenvalue weighted by atomic mass is 32.1. The monoisotopic (exact) mass is 336 g/mol. The maximum atomic E-state index is 13.9. The van der Waals surface area contributed by atoms with E-state index in [1.54, 1.807) is 30.3 Å². The van der Waals surface area contributed by atoms with Gasteiger partial charge >= 0.3 is 0 Å². The van der Waals surface area contributed by atoms with Gasteiger partial charge in [-0.2, -0.15) is 0 Å². The van der Waals surface area contributed by atoms with Gasteiger partial charge in [0, 0.05) is 5.56 Å². The SMILES string of the molecule is Cc1cccc(-c2nnc(-c3ccc(-c4ccccc4F)o3)s2)c1. The third-order valence-electron chi connectivity index (χ3n) is 3.65. The minimum absolute atomic E-state index is 0.309. The molecule has 2 aromatic heterocycles. The molecule has 0 saturated heterocycles. The molecule has 0 aliphatic heterocycles. The van der Waals surface area contributed by atoms with E-state index < -0.39 is 0 Å². The summed E-state index contributed by atoms with van der Waals surface area (Å²) in [6.45, 7) is 2.04. The van der Waals surface area contributed by atoms with Crippen molar-refractivity contribution >= 4 is 11.3 Å². The van der Waals surface area contributed by atoms with Crippen LogP contribution in [-0.4, -0.2) is 10.2 Å². The van der Waals surface area contributed by atoms with Crippen LogP contribution in [0.4, 0.5) is 4.39 Å². The second-order valence-electron chi connectivity index (χ2n) is 5.43. The number of hydrogen-bond donors (Lipinski definition) is 0. The van der Waals surface area contributed by atoms with Crippen molar-refractivity contribution < 1.29 is 8.81 Å². The summed E-state index contributed by atoms with van der Waals surface area (Å²) in [5.41, 5.74) is 2.64. The molecule has 0 amide bonds. The quantitative estimate of drug-likeness (QED) is 0.490. The number of rotatable bonds is 3. The Morgan fingerprint density at radius 1 is 0.875 bits per heavy atom. The Balaban J connectivity index is 1.68. The Hall–Kier alpha value is -2.79. The zero-order chi connectivity index (χ0) is 16.5. The molecule has 2 aromatic carbocycles. The lowest BCUT2D eigenvalue weighted by Gasteiger charge is -1.98. The highest BCUT2D eigenvalue weighted by Crippen LogP contribution is 2.34. The number of nitrogens with zero attached hydrogens (tertiary/aromatic N) is 2. The van der Waals surface area contributed by atoms with Crippen LogP contribution in [0, 0.1) is 12.7 Å². The molecule has 2 heterocycles. The lowest BCUT2D eigenvalue weighted by atomic mass is 10.1. The largest absolute Gasteiger partial charge is 0.453 e. The Labute approximate surface area is 142 Å². The van der Waals surface area contributed by atoms with Gasteiger partial charge in [0.25, 0.3) is 0 Å². The number of aryl methyl sites for hydroxylation is 1. The fourth-order valence-corrected chi connectivity index (χ4v) is 3.28. The van der Waals surface area contributed by atoms with Gasteiger partial charge in [0.05, 0.1) is 5.56 Å². The van der Waals surface area contributed by atoms with Crippen molar-refractivity contribution in [3.05, 3.63) is 72.0 Å². The molecule has 0 N–H and O–H groups in total. The summed E-state index contributed by atoms with van der Waals surface area (Å²) in [4.78, 5) is 0. The zero-order valence-electron chi connectivity index (χ0n) is 12.9. The first-order valence-corrected chi connectivity index (χ1v) is 8.28. The van der Waals surface area contributed by atoms with Crippen LogP contribution in [0.3, 0.4) is 0 Å². The fourth-order valence-electron chi connectivity index (χ4n) is 2.48. The van der Waals surface area contributed by atoms with E-state index in [-0.39, 0.29) is 5.82 Å². The fraction of sp³-hybridized carbons (Fsp3) is 0.0526. The van der Waals surface area contributed by atoms with Crippen molar-refractivity contribution in [1.29, 1.82) is 0 Å². The molecule has 24 heavy (non-hydrogen) atoms. The molecule has 0 radical (unpaired) electrons. The number of aromatic nitrogens is 2. The molecule has 0 aliphatic rings. The normalized spacial score (nSPS) is 10.9.